The monoisotopic (exact) mass is 433 g/mol. The summed E-state index contributed by atoms with van der Waals surface area (Å²) < 4.78 is 5.20. The van der Waals surface area contributed by atoms with Crippen LogP contribution in [0.2, 0.25) is 0 Å². The minimum atomic E-state index is -0.413. The third-order valence-electron chi connectivity index (χ3n) is 5.33. The van der Waals surface area contributed by atoms with Gasteiger partial charge in [0.15, 0.2) is 5.76 Å². The van der Waals surface area contributed by atoms with E-state index in [0.717, 1.165) is 22.4 Å². The van der Waals surface area contributed by atoms with Crippen molar-refractivity contribution in [2.45, 2.75) is 45.6 Å². The SMILES string of the molecule is CC(C)c1cccc(C(C)C)c1NC(=O)NCC(NC(=O)c1ccco1)c1ccccc1. The summed E-state index contributed by atoms with van der Waals surface area (Å²) in [6.07, 6.45) is 1.45. The molecule has 0 fully saturated rings. The molecule has 1 aromatic heterocycles. The molecule has 2 aromatic carbocycles. The standard InChI is InChI=1S/C26H31N3O3/c1-17(2)20-12-8-13-21(18(3)4)24(20)29-26(31)27-16-22(19-10-6-5-7-11-19)28-25(30)23-14-9-15-32-23/h5-15,17-18,22H,16H2,1-4H3,(H,28,30)(H2,27,29,31). The zero-order valence-corrected chi connectivity index (χ0v) is 19.0. The van der Waals surface area contributed by atoms with Crippen molar-refractivity contribution in [2.24, 2.45) is 0 Å². The van der Waals surface area contributed by atoms with Gasteiger partial charge in [-0.15, -0.1) is 0 Å². The molecule has 6 heteroatoms. The molecule has 168 valence electrons. The maximum absolute atomic E-state index is 12.9. The number of urea groups is 1. The summed E-state index contributed by atoms with van der Waals surface area (Å²) in [4.78, 5) is 25.4. The van der Waals surface area contributed by atoms with Gasteiger partial charge in [0.25, 0.3) is 5.91 Å². The Balaban J connectivity index is 1.74. The highest BCUT2D eigenvalue weighted by Crippen LogP contribution is 2.32. The van der Waals surface area contributed by atoms with Gasteiger partial charge in [-0.2, -0.15) is 0 Å². The number of anilines is 1. The van der Waals surface area contributed by atoms with E-state index in [1.54, 1.807) is 12.1 Å². The smallest absolute Gasteiger partial charge is 0.319 e. The van der Waals surface area contributed by atoms with Crippen LogP contribution in [-0.4, -0.2) is 18.5 Å². The molecule has 0 spiro atoms. The van der Waals surface area contributed by atoms with Crippen molar-refractivity contribution in [3.05, 3.63) is 89.4 Å². The van der Waals surface area contributed by atoms with Gasteiger partial charge in [0, 0.05) is 12.2 Å². The zero-order valence-electron chi connectivity index (χ0n) is 19.0. The fraction of sp³-hybridized carbons (Fsp3) is 0.308. The lowest BCUT2D eigenvalue weighted by molar-refractivity contribution is 0.0908. The number of para-hydroxylation sites is 1. The van der Waals surface area contributed by atoms with Crippen LogP contribution in [0.4, 0.5) is 10.5 Å². The van der Waals surface area contributed by atoms with Gasteiger partial charge in [0.1, 0.15) is 0 Å². The summed E-state index contributed by atoms with van der Waals surface area (Å²) in [5, 5.41) is 8.90. The molecule has 0 bridgehead atoms. The van der Waals surface area contributed by atoms with Crippen LogP contribution < -0.4 is 16.0 Å². The maximum atomic E-state index is 12.9. The molecule has 0 aliphatic heterocycles. The zero-order chi connectivity index (χ0) is 23.1. The van der Waals surface area contributed by atoms with Gasteiger partial charge >= 0.3 is 6.03 Å². The van der Waals surface area contributed by atoms with Gasteiger partial charge < -0.3 is 20.4 Å². The molecule has 3 N–H and O–H groups in total. The number of carbonyl (C=O) groups excluding carboxylic acids is 2. The lowest BCUT2D eigenvalue weighted by atomic mass is 9.93. The molecule has 1 heterocycles. The number of benzene rings is 2. The predicted octanol–water partition coefficient (Wildman–Crippen LogP) is 5.82. The average Bonchev–Trinajstić information content (AvgIpc) is 3.32. The van der Waals surface area contributed by atoms with Crippen molar-refractivity contribution in [1.29, 1.82) is 0 Å². The molecule has 32 heavy (non-hydrogen) atoms. The van der Waals surface area contributed by atoms with Crippen LogP contribution in [0, 0.1) is 0 Å². The van der Waals surface area contributed by atoms with Crippen LogP contribution in [0.25, 0.3) is 0 Å². The van der Waals surface area contributed by atoms with Crippen LogP contribution in [0.3, 0.4) is 0 Å². The molecule has 0 saturated carbocycles. The molecule has 0 aliphatic carbocycles. The lowest BCUT2D eigenvalue weighted by Crippen LogP contribution is -2.39. The van der Waals surface area contributed by atoms with Crippen LogP contribution in [0.15, 0.2) is 71.3 Å². The number of hydrogen-bond acceptors (Lipinski definition) is 3. The molecular formula is C26H31N3O3. The highest BCUT2D eigenvalue weighted by molar-refractivity contribution is 5.92. The van der Waals surface area contributed by atoms with E-state index in [-0.39, 0.29) is 36.1 Å². The molecule has 3 rings (SSSR count). The van der Waals surface area contributed by atoms with E-state index in [9.17, 15) is 9.59 Å². The van der Waals surface area contributed by atoms with E-state index in [2.05, 4.69) is 43.6 Å². The van der Waals surface area contributed by atoms with Crippen molar-refractivity contribution < 1.29 is 14.0 Å². The molecule has 3 aromatic rings. The van der Waals surface area contributed by atoms with Crippen molar-refractivity contribution in [3.63, 3.8) is 0 Å². The van der Waals surface area contributed by atoms with Gasteiger partial charge in [0.2, 0.25) is 0 Å². The van der Waals surface area contributed by atoms with Crippen LogP contribution >= 0.6 is 0 Å². The van der Waals surface area contributed by atoms with Gasteiger partial charge in [-0.1, -0.05) is 76.2 Å². The molecule has 0 saturated heterocycles. The highest BCUT2D eigenvalue weighted by atomic mass is 16.3. The van der Waals surface area contributed by atoms with Crippen LogP contribution in [-0.2, 0) is 0 Å². The Morgan fingerprint density at radius 2 is 1.50 bits per heavy atom. The van der Waals surface area contributed by atoms with Crippen molar-refractivity contribution in [3.8, 4) is 0 Å². The van der Waals surface area contributed by atoms with Gasteiger partial charge in [-0.05, 0) is 40.7 Å². The molecule has 1 unspecified atom stereocenters. The Bertz CT molecular complexity index is 1000. The minimum Gasteiger partial charge on any atom is -0.459 e. The molecule has 0 radical (unpaired) electrons. The Morgan fingerprint density at radius 1 is 0.844 bits per heavy atom. The fourth-order valence-corrected chi connectivity index (χ4v) is 3.62. The van der Waals surface area contributed by atoms with E-state index < -0.39 is 6.04 Å². The summed E-state index contributed by atoms with van der Waals surface area (Å²) in [7, 11) is 0. The Morgan fingerprint density at radius 3 is 2.06 bits per heavy atom. The summed E-state index contributed by atoms with van der Waals surface area (Å²) in [5.41, 5.74) is 3.93. The minimum absolute atomic E-state index is 0.225. The predicted molar refractivity (Wildman–Crippen MR) is 127 cm³/mol. The molecule has 6 nitrogen and oxygen atoms in total. The highest BCUT2D eigenvalue weighted by Gasteiger charge is 2.20. The van der Waals surface area contributed by atoms with Gasteiger partial charge in [-0.25, -0.2) is 4.79 Å². The average molecular weight is 434 g/mol. The van der Waals surface area contributed by atoms with Crippen LogP contribution in [0.1, 0.15) is 72.8 Å². The summed E-state index contributed by atoms with van der Waals surface area (Å²) in [6, 6.07) is 18.2. The van der Waals surface area contributed by atoms with E-state index in [4.69, 9.17) is 4.42 Å². The van der Waals surface area contributed by atoms with E-state index >= 15 is 0 Å². The number of amides is 3. The lowest BCUT2D eigenvalue weighted by Gasteiger charge is -2.22. The second-order valence-electron chi connectivity index (χ2n) is 8.37. The third-order valence-corrected chi connectivity index (χ3v) is 5.33. The number of furan rings is 1. The summed E-state index contributed by atoms with van der Waals surface area (Å²) >= 11 is 0. The number of nitrogens with one attached hydrogen (secondary N) is 3. The first kappa shape index (κ1) is 23.1. The Hall–Kier alpha value is -3.54. The van der Waals surface area contributed by atoms with E-state index in [1.165, 1.54) is 6.26 Å². The Labute approximate surface area is 189 Å². The van der Waals surface area contributed by atoms with Gasteiger partial charge in [0.05, 0.1) is 12.3 Å². The normalized spacial score (nSPS) is 11.9. The molecular weight excluding hydrogens is 402 g/mol. The maximum Gasteiger partial charge on any atom is 0.319 e. The summed E-state index contributed by atoms with van der Waals surface area (Å²) in [6.45, 7) is 8.66. The molecule has 1 atom stereocenters. The molecule has 3 amide bonds. The second-order valence-corrected chi connectivity index (χ2v) is 8.37. The van der Waals surface area contributed by atoms with E-state index in [0.29, 0.717) is 0 Å². The van der Waals surface area contributed by atoms with E-state index in [1.807, 2.05) is 48.5 Å². The number of hydrogen-bond donors (Lipinski definition) is 3. The van der Waals surface area contributed by atoms with Crippen LogP contribution in [0.5, 0.6) is 0 Å². The quantitative estimate of drug-likeness (QED) is 0.419. The van der Waals surface area contributed by atoms with Crippen molar-refractivity contribution >= 4 is 17.6 Å². The fourth-order valence-electron chi connectivity index (χ4n) is 3.62. The van der Waals surface area contributed by atoms with Gasteiger partial charge in [-0.3, -0.25) is 4.79 Å². The second kappa shape index (κ2) is 10.7. The van der Waals surface area contributed by atoms with Crippen molar-refractivity contribution in [2.75, 3.05) is 11.9 Å². The number of rotatable bonds is 8. The Kier molecular flexibility index (Phi) is 7.71. The first-order valence-corrected chi connectivity index (χ1v) is 10.9. The summed E-state index contributed by atoms with van der Waals surface area (Å²) in [5.74, 6) is 0.434. The molecule has 0 aliphatic rings. The first-order chi connectivity index (χ1) is 15.4. The third kappa shape index (κ3) is 5.78. The first-order valence-electron chi connectivity index (χ1n) is 10.9. The number of carbonyl (C=O) groups is 2. The topological polar surface area (TPSA) is 83.4 Å². The van der Waals surface area contributed by atoms with Crippen molar-refractivity contribution in [1.82, 2.24) is 10.6 Å². The largest absolute Gasteiger partial charge is 0.459 e.